The Kier molecular flexibility index (Phi) is 32.6. The van der Waals surface area contributed by atoms with E-state index in [1.807, 2.05) is 214 Å². The lowest BCUT2D eigenvalue weighted by molar-refractivity contribution is -0.168. The summed E-state index contributed by atoms with van der Waals surface area (Å²) in [7, 11) is -8.84. The summed E-state index contributed by atoms with van der Waals surface area (Å²) in [5, 5.41) is 0. The van der Waals surface area contributed by atoms with Crippen LogP contribution in [0.4, 0.5) is 0 Å². The molecule has 9 aromatic carbocycles. The van der Waals surface area contributed by atoms with Crippen LogP contribution in [0.2, 0.25) is 0 Å². The van der Waals surface area contributed by atoms with E-state index in [2.05, 4.69) is 49.6 Å². The Hall–Kier alpha value is -7.41. The molecule has 19 heteroatoms. The Morgan fingerprint density at radius 1 is 0.375 bits per heavy atom. The number of nitrogens with zero attached hydrogens (tertiary/aromatic N) is 2. The molecule has 4 heterocycles. The van der Waals surface area contributed by atoms with Crippen molar-refractivity contribution >= 4 is 30.0 Å². The van der Waals surface area contributed by atoms with Gasteiger partial charge < -0.3 is 42.6 Å². The first-order chi connectivity index (χ1) is 50.4. The number of hydrogen-bond acceptors (Lipinski definition) is 14. The first-order valence-electron chi connectivity index (χ1n) is 35.5. The smallest absolute Gasteiger partial charge is 0.243 e. The summed E-state index contributed by atoms with van der Waals surface area (Å²) < 4.78 is 118. The van der Waals surface area contributed by atoms with Crippen molar-refractivity contribution in [1.82, 2.24) is 8.61 Å². The van der Waals surface area contributed by atoms with E-state index in [9.17, 15) is 21.0 Å². The molecule has 0 N–H and O–H groups in total. The quantitative estimate of drug-likeness (QED) is 0.0215. The highest BCUT2D eigenvalue weighted by atomic mass is 32.2. The van der Waals surface area contributed by atoms with Crippen LogP contribution in [-0.4, -0.2) is 134 Å². The third-order valence-corrected chi connectivity index (χ3v) is 21.4. The third-order valence-electron chi connectivity index (χ3n) is 17.6. The van der Waals surface area contributed by atoms with E-state index in [-0.39, 0.29) is 30.1 Å². The van der Waals surface area contributed by atoms with Gasteiger partial charge in [0.25, 0.3) is 0 Å². The molecule has 4 fully saturated rings. The van der Waals surface area contributed by atoms with E-state index in [1.165, 1.54) is 21.0 Å². The van der Waals surface area contributed by atoms with Crippen molar-refractivity contribution in [2.45, 2.75) is 120 Å². The predicted octanol–water partition coefficient (Wildman–Crippen LogP) is 14.9. The highest BCUT2D eigenvalue weighted by molar-refractivity contribution is 8.02. The monoisotopic (exact) mass is 1470 g/mol. The Bertz CT molecular complexity index is 4030. The van der Waals surface area contributed by atoms with Gasteiger partial charge in [-0.3, -0.25) is 0 Å². The second kappa shape index (κ2) is 42.1. The van der Waals surface area contributed by atoms with Gasteiger partial charge in [0, 0.05) is 18.4 Å². The van der Waals surface area contributed by atoms with Crippen molar-refractivity contribution in [2.24, 2.45) is 11.8 Å². The molecule has 4 saturated heterocycles. The van der Waals surface area contributed by atoms with Gasteiger partial charge >= 0.3 is 0 Å². The second-order valence-electron chi connectivity index (χ2n) is 26.7. The molecule has 0 aliphatic carbocycles. The van der Waals surface area contributed by atoms with Crippen LogP contribution in [-0.2, 0) is 123 Å². The van der Waals surface area contributed by atoms with E-state index in [4.69, 9.17) is 42.6 Å². The minimum atomic E-state index is -3.60. The van der Waals surface area contributed by atoms with Gasteiger partial charge in [0.05, 0.1) is 152 Å². The normalized spacial score (nSPS) is 20.2. The van der Waals surface area contributed by atoms with Crippen LogP contribution in [0.3, 0.4) is 0 Å². The molecular weight excluding hydrogens is 1370 g/mol. The summed E-state index contributed by atoms with van der Waals surface area (Å²) in [6.45, 7) is 14.7. The minimum Gasteiger partial charge on any atom is -0.376 e. The molecule has 7 unspecified atom stereocenters. The van der Waals surface area contributed by atoms with E-state index in [0.29, 0.717) is 114 Å². The van der Waals surface area contributed by atoms with E-state index >= 15 is 0 Å². The topological polar surface area (TPSA) is 178 Å². The molecule has 0 spiro atoms. The van der Waals surface area contributed by atoms with Gasteiger partial charge in [0.2, 0.25) is 20.0 Å². The first-order valence-corrected chi connectivity index (χ1v) is 40.9. The van der Waals surface area contributed by atoms with Crippen molar-refractivity contribution in [3.8, 4) is 0 Å². The maximum atomic E-state index is 13.2. The summed E-state index contributed by atoms with van der Waals surface area (Å²) in [6.07, 6.45) is 8.57. The third kappa shape index (κ3) is 27.5. The molecule has 104 heavy (non-hydrogen) atoms. The van der Waals surface area contributed by atoms with Crippen molar-refractivity contribution in [3.05, 3.63) is 317 Å². The minimum absolute atomic E-state index is 0.0923. The molecule has 16 nitrogen and oxygen atoms in total. The van der Waals surface area contributed by atoms with Gasteiger partial charge in [-0.05, 0) is 83.5 Å². The van der Waals surface area contributed by atoms with Crippen LogP contribution in [0.15, 0.2) is 271 Å². The summed E-state index contributed by atoms with van der Waals surface area (Å²) in [5.74, 6) is 0.536. The average Bonchev–Trinajstić information content (AvgIpc) is 1.56. The first kappa shape index (κ1) is 80.7. The molecule has 4 aliphatic rings. The summed E-state index contributed by atoms with van der Waals surface area (Å²) >= 11 is 0. The SMILES string of the molecule is CCC1O[C@H]1COCc1ccccc1.Cc1ccc(S(=O)(=O)N2C(COCc3ccccc3)[C@@H]2COCc2ccccc2)cc1.Cc1ccc(S(=O)(=O)N2CC(COCc3ccccc3)C2COCc2ccccc2)cc1.[CH2-][S+](C)(C)=O.c1ccc(COCC2COC2COCc2ccccc2)cc1. The largest absolute Gasteiger partial charge is 0.376 e. The van der Waals surface area contributed by atoms with Crippen molar-refractivity contribution in [1.29, 1.82) is 0 Å². The lowest BCUT2D eigenvalue weighted by Gasteiger charge is -2.46. The number of ether oxygens (including phenoxy) is 9. The molecule has 0 bridgehead atoms. The fourth-order valence-electron chi connectivity index (χ4n) is 11.5. The highest BCUT2D eigenvalue weighted by Crippen LogP contribution is 2.38. The Morgan fingerprint density at radius 3 is 0.952 bits per heavy atom. The Balaban J connectivity index is 0.000000163. The number of hydrogen-bond donors (Lipinski definition) is 0. The molecular formula is C85H102N2O14S3. The number of sulfonamides is 2. The molecule has 0 aromatic heterocycles. The number of epoxide rings is 1. The van der Waals surface area contributed by atoms with E-state index in [0.717, 1.165) is 59.6 Å². The van der Waals surface area contributed by atoms with Crippen LogP contribution in [0.1, 0.15) is 63.4 Å². The summed E-state index contributed by atoms with van der Waals surface area (Å²) in [5.41, 5.74) is 9.97. The standard InChI is InChI=1S/C26H29NO4S.C25H27NO4S.C19H22O3.C12H16O2.C3H8OS/c1-21-12-14-25(15-13-21)32(28,29)27-16-24(19-30-17-22-8-4-2-5-9-22)26(27)20-31-18-23-10-6-3-7-11-23;1-20-12-14-23(15-13-20)31(27,28)26-24(18-29-16-21-8-4-2-5-9-21)25(26)19-30-17-22-10-6-3-7-11-22;1-3-7-16(8-4-1)11-20-13-18-14-22-19(18)15-21-12-17-9-5-2-6-10-17;1-2-11-12(14-11)9-13-8-10-6-4-3-5-7-10;1-5(2,3)4/h2-15,24,26H,16-20H2,1H3;2-15,24-25H,16-19H2,1H3;1-10,18-19H,11-15H2;3-7,11-12H,2,8-9H2,1H3;1H2,2-3H3/t;24-,25?,26?;;11?,12-;/m.0.0./s1. The zero-order chi connectivity index (χ0) is 73.4. The molecule has 9 aromatic rings. The number of aryl methyl sites for hydroxylation is 2. The van der Waals surface area contributed by atoms with Gasteiger partial charge in [0.1, 0.15) is 6.10 Å². The van der Waals surface area contributed by atoms with E-state index < -0.39 is 30.0 Å². The van der Waals surface area contributed by atoms with Gasteiger partial charge in [-0.15, -0.1) is 10.5 Å². The van der Waals surface area contributed by atoms with Crippen LogP contribution < -0.4 is 0 Å². The molecule has 0 amide bonds. The Labute approximate surface area is 619 Å². The Morgan fingerprint density at radius 2 is 0.654 bits per heavy atom. The van der Waals surface area contributed by atoms with Gasteiger partial charge in [-0.1, -0.05) is 265 Å². The van der Waals surface area contributed by atoms with Crippen LogP contribution >= 0.6 is 0 Å². The molecule has 13 rings (SSSR count). The fourth-order valence-corrected chi connectivity index (χ4v) is 15.0. The number of benzene rings is 9. The molecule has 0 radical (unpaired) electrons. The summed E-state index contributed by atoms with van der Waals surface area (Å²) in [6, 6.07) is 83.6. The molecule has 4 aliphatic heterocycles. The van der Waals surface area contributed by atoms with Crippen LogP contribution in [0, 0.1) is 31.9 Å². The zero-order valence-corrected chi connectivity index (χ0v) is 63.0. The maximum absolute atomic E-state index is 13.2. The summed E-state index contributed by atoms with van der Waals surface area (Å²) in [4.78, 5) is 0.622. The lowest BCUT2D eigenvalue weighted by atomic mass is 9.93. The fraction of sp³-hybridized carbons (Fsp3) is 0.353. The van der Waals surface area contributed by atoms with Crippen molar-refractivity contribution < 1.29 is 63.7 Å². The maximum Gasteiger partial charge on any atom is 0.243 e. The van der Waals surface area contributed by atoms with Crippen LogP contribution in [0.25, 0.3) is 0 Å². The lowest BCUT2D eigenvalue weighted by Crippen LogP contribution is -2.61. The van der Waals surface area contributed by atoms with Gasteiger partial charge in [0.15, 0.2) is 0 Å². The molecule has 554 valence electrons. The van der Waals surface area contributed by atoms with Gasteiger partial charge in [-0.2, -0.15) is 8.61 Å². The van der Waals surface area contributed by atoms with Gasteiger partial charge in [-0.25, -0.2) is 16.8 Å². The predicted molar refractivity (Wildman–Crippen MR) is 410 cm³/mol. The average molecular weight is 1470 g/mol. The van der Waals surface area contributed by atoms with E-state index in [1.54, 1.807) is 41.1 Å². The van der Waals surface area contributed by atoms with Crippen molar-refractivity contribution in [2.75, 3.05) is 71.9 Å². The highest BCUT2D eigenvalue weighted by Gasteiger charge is 2.55. The molecule has 9 atom stereocenters. The molecule has 0 saturated carbocycles. The number of rotatable bonds is 33. The second-order valence-corrected chi connectivity index (χ2v) is 33.3. The zero-order valence-electron chi connectivity index (χ0n) is 60.5. The van der Waals surface area contributed by atoms with Crippen molar-refractivity contribution in [3.63, 3.8) is 0 Å². The van der Waals surface area contributed by atoms with Crippen LogP contribution in [0.5, 0.6) is 0 Å².